The van der Waals surface area contributed by atoms with E-state index in [-0.39, 0.29) is 22.4 Å². The highest BCUT2D eigenvalue weighted by Gasteiger charge is 2.29. The number of fused-ring (bicyclic) bond motifs is 1. The largest absolute Gasteiger partial charge is 0.507 e. The maximum Gasteiger partial charge on any atom is 0.254 e. The average Bonchev–Trinajstić information content (AvgIpc) is 3.13. The van der Waals surface area contributed by atoms with Gasteiger partial charge in [0.1, 0.15) is 11.5 Å². The molecule has 1 aliphatic rings. The molecule has 2 heterocycles. The highest BCUT2D eigenvalue weighted by atomic mass is 35.5. The first-order valence-electron chi connectivity index (χ1n) is 9.11. The third-order valence-electron chi connectivity index (χ3n) is 5.06. The number of phenolic OH excluding ortho intramolecular Hbond substituents is 2. The fourth-order valence-corrected chi connectivity index (χ4v) is 3.58. The fourth-order valence-electron chi connectivity index (χ4n) is 3.41. The van der Waals surface area contributed by atoms with Gasteiger partial charge in [-0.3, -0.25) is 4.79 Å². The lowest BCUT2D eigenvalue weighted by Crippen LogP contribution is -2.35. The number of hydrogen-bond acceptors (Lipinski definition) is 6. The molecule has 0 radical (unpaired) electrons. The maximum atomic E-state index is 13.0. The molecule has 0 spiro atoms. The summed E-state index contributed by atoms with van der Waals surface area (Å²) in [5.41, 5.74) is 3.42. The van der Waals surface area contributed by atoms with Crippen LogP contribution < -0.4 is 4.90 Å². The van der Waals surface area contributed by atoms with Gasteiger partial charge >= 0.3 is 0 Å². The Morgan fingerprint density at radius 1 is 1.17 bits per heavy atom. The summed E-state index contributed by atoms with van der Waals surface area (Å²) in [4.78, 5) is 16.7. The highest BCUT2D eigenvalue weighted by molar-refractivity contribution is 6.32. The van der Waals surface area contributed by atoms with Crippen molar-refractivity contribution < 1.29 is 19.5 Å². The molecule has 29 heavy (non-hydrogen) atoms. The van der Waals surface area contributed by atoms with E-state index in [2.05, 4.69) is 5.16 Å². The second-order valence-electron chi connectivity index (χ2n) is 7.18. The number of aromatic hydroxyl groups is 2. The van der Waals surface area contributed by atoms with E-state index in [0.29, 0.717) is 36.4 Å². The zero-order valence-electron chi connectivity index (χ0n) is 16.0. The summed E-state index contributed by atoms with van der Waals surface area (Å²) in [6.45, 7) is 0.829. The minimum Gasteiger partial charge on any atom is -0.507 e. The van der Waals surface area contributed by atoms with Gasteiger partial charge in [-0.25, -0.2) is 0 Å². The van der Waals surface area contributed by atoms with Crippen LogP contribution in [0.4, 0.5) is 5.69 Å². The van der Waals surface area contributed by atoms with Gasteiger partial charge in [-0.15, -0.1) is 0 Å². The van der Waals surface area contributed by atoms with Crippen LogP contribution in [0, 0.1) is 0 Å². The number of rotatable bonds is 3. The molecule has 0 saturated heterocycles. The number of benzene rings is 2. The third kappa shape index (κ3) is 3.49. The molecule has 0 fully saturated rings. The average molecular weight is 414 g/mol. The van der Waals surface area contributed by atoms with Crippen LogP contribution in [0.3, 0.4) is 0 Å². The van der Waals surface area contributed by atoms with Crippen molar-refractivity contribution in [2.75, 3.05) is 25.5 Å². The Morgan fingerprint density at radius 3 is 2.59 bits per heavy atom. The Kier molecular flexibility index (Phi) is 4.84. The Bertz CT molecular complexity index is 1080. The SMILES string of the molecule is CN(C)c1ccc(C(=O)N2CCc3noc(-c4cc(Cl)c(O)cc4O)c3C2)cc1. The quantitative estimate of drug-likeness (QED) is 0.680. The summed E-state index contributed by atoms with van der Waals surface area (Å²) in [6.07, 6.45) is 0.549. The van der Waals surface area contributed by atoms with E-state index in [4.69, 9.17) is 16.1 Å². The van der Waals surface area contributed by atoms with Crippen molar-refractivity contribution in [2.24, 2.45) is 0 Å². The molecule has 0 aliphatic carbocycles. The number of phenols is 2. The summed E-state index contributed by atoms with van der Waals surface area (Å²) in [5.74, 6) is -0.131. The summed E-state index contributed by atoms with van der Waals surface area (Å²) >= 11 is 5.99. The number of nitrogens with zero attached hydrogens (tertiary/aromatic N) is 3. The lowest BCUT2D eigenvalue weighted by atomic mass is 10.00. The van der Waals surface area contributed by atoms with Crippen LogP contribution in [0.15, 0.2) is 40.9 Å². The van der Waals surface area contributed by atoms with Gasteiger partial charge in [-0.1, -0.05) is 16.8 Å². The van der Waals surface area contributed by atoms with Crippen molar-refractivity contribution >= 4 is 23.2 Å². The Hall–Kier alpha value is -3.19. The second kappa shape index (κ2) is 7.33. The fraction of sp³-hybridized carbons (Fsp3) is 0.238. The molecular formula is C21H20ClN3O4. The van der Waals surface area contributed by atoms with Gasteiger partial charge in [0.2, 0.25) is 0 Å². The van der Waals surface area contributed by atoms with Crippen molar-refractivity contribution in [2.45, 2.75) is 13.0 Å². The molecule has 7 nitrogen and oxygen atoms in total. The van der Waals surface area contributed by atoms with E-state index >= 15 is 0 Å². The van der Waals surface area contributed by atoms with E-state index in [1.54, 1.807) is 4.90 Å². The highest BCUT2D eigenvalue weighted by Crippen LogP contribution is 2.40. The molecule has 1 aliphatic heterocycles. The van der Waals surface area contributed by atoms with E-state index in [0.717, 1.165) is 23.0 Å². The van der Waals surface area contributed by atoms with Gasteiger partial charge in [-0.2, -0.15) is 0 Å². The lowest BCUT2D eigenvalue weighted by molar-refractivity contribution is 0.0734. The first kappa shape index (κ1) is 19.1. The maximum absolute atomic E-state index is 13.0. The van der Waals surface area contributed by atoms with Crippen LogP contribution in [-0.4, -0.2) is 46.8 Å². The zero-order chi connectivity index (χ0) is 20.7. The molecule has 3 aromatic rings. The van der Waals surface area contributed by atoms with Gasteiger partial charge in [-0.05, 0) is 30.3 Å². The van der Waals surface area contributed by atoms with Crippen molar-refractivity contribution in [1.82, 2.24) is 10.1 Å². The second-order valence-corrected chi connectivity index (χ2v) is 7.58. The number of aromatic nitrogens is 1. The van der Waals surface area contributed by atoms with Crippen molar-refractivity contribution in [3.05, 3.63) is 58.2 Å². The predicted octanol–water partition coefficient (Wildman–Crippen LogP) is 3.67. The topological polar surface area (TPSA) is 90.0 Å². The molecule has 150 valence electrons. The Balaban J connectivity index is 1.63. The van der Waals surface area contributed by atoms with Crippen molar-refractivity contribution in [3.63, 3.8) is 0 Å². The zero-order valence-corrected chi connectivity index (χ0v) is 16.8. The van der Waals surface area contributed by atoms with Crippen LogP contribution in [0.5, 0.6) is 11.5 Å². The van der Waals surface area contributed by atoms with Crippen LogP contribution in [0.25, 0.3) is 11.3 Å². The molecule has 0 atom stereocenters. The van der Waals surface area contributed by atoms with Crippen LogP contribution >= 0.6 is 11.6 Å². The van der Waals surface area contributed by atoms with Gasteiger partial charge in [0.05, 0.1) is 22.8 Å². The lowest BCUT2D eigenvalue weighted by Gasteiger charge is -2.26. The van der Waals surface area contributed by atoms with Crippen molar-refractivity contribution in [3.8, 4) is 22.8 Å². The summed E-state index contributed by atoms with van der Waals surface area (Å²) in [6, 6.07) is 10.0. The molecular weight excluding hydrogens is 394 g/mol. The van der Waals surface area contributed by atoms with Gasteiger partial charge in [0, 0.05) is 49.9 Å². The number of anilines is 1. The standard InChI is InChI=1S/C21H20ClN3O4/c1-24(2)13-5-3-12(4-6-13)21(28)25-8-7-17-15(11-25)20(29-23-17)14-9-16(22)19(27)10-18(14)26/h3-6,9-10,26-27H,7-8,11H2,1-2H3. The van der Waals surface area contributed by atoms with Gasteiger partial charge in [0.25, 0.3) is 5.91 Å². The van der Waals surface area contributed by atoms with Gasteiger partial charge in [0.15, 0.2) is 5.76 Å². The monoisotopic (exact) mass is 413 g/mol. The molecule has 1 aromatic heterocycles. The molecule has 0 bridgehead atoms. The molecule has 4 rings (SSSR count). The van der Waals surface area contributed by atoms with Crippen LogP contribution in [-0.2, 0) is 13.0 Å². The molecule has 1 amide bonds. The number of carbonyl (C=O) groups excluding carboxylic acids is 1. The normalized spacial score (nSPS) is 13.3. The summed E-state index contributed by atoms with van der Waals surface area (Å²) in [7, 11) is 3.89. The molecule has 2 aromatic carbocycles. The summed E-state index contributed by atoms with van der Waals surface area (Å²) in [5, 5.41) is 24.1. The molecule has 0 unspecified atom stereocenters. The minimum atomic E-state index is -0.223. The van der Waals surface area contributed by atoms with Crippen LogP contribution in [0.2, 0.25) is 5.02 Å². The number of carbonyl (C=O) groups is 1. The number of hydrogen-bond donors (Lipinski definition) is 2. The Labute approximate surface area is 172 Å². The predicted molar refractivity (Wildman–Crippen MR) is 109 cm³/mol. The van der Waals surface area contributed by atoms with Crippen LogP contribution in [0.1, 0.15) is 21.6 Å². The Morgan fingerprint density at radius 2 is 1.90 bits per heavy atom. The first-order valence-corrected chi connectivity index (χ1v) is 9.49. The number of halogens is 1. The summed E-state index contributed by atoms with van der Waals surface area (Å²) < 4.78 is 5.46. The van der Waals surface area contributed by atoms with Gasteiger partial charge < -0.3 is 24.5 Å². The number of amides is 1. The van der Waals surface area contributed by atoms with Crippen molar-refractivity contribution in [1.29, 1.82) is 0 Å². The van der Waals surface area contributed by atoms with E-state index in [9.17, 15) is 15.0 Å². The van der Waals surface area contributed by atoms with E-state index in [1.807, 2.05) is 43.3 Å². The molecule has 0 saturated carbocycles. The third-order valence-corrected chi connectivity index (χ3v) is 5.37. The molecule has 2 N–H and O–H groups in total. The smallest absolute Gasteiger partial charge is 0.254 e. The first-order chi connectivity index (χ1) is 13.8. The minimum absolute atomic E-state index is 0.0823. The van der Waals surface area contributed by atoms with E-state index < -0.39 is 0 Å². The molecule has 8 heteroatoms. The van der Waals surface area contributed by atoms with E-state index in [1.165, 1.54) is 6.07 Å².